The van der Waals surface area contributed by atoms with E-state index in [-0.39, 0.29) is 35.4 Å². The summed E-state index contributed by atoms with van der Waals surface area (Å²) in [5.74, 6) is 0.257. The molecule has 2 saturated heterocycles. The Morgan fingerprint density at radius 1 is 0.735 bits per heavy atom. The lowest BCUT2D eigenvalue weighted by Crippen LogP contribution is -2.54. The van der Waals surface area contributed by atoms with E-state index in [9.17, 15) is 14.0 Å². The molecule has 3 aliphatic rings. The summed E-state index contributed by atoms with van der Waals surface area (Å²) in [6.07, 6.45) is 4.97. The molecule has 1 aliphatic carbocycles. The Bertz CT molecular complexity index is 1000. The lowest BCUT2D eigenvalue weighted by Gasteiger charge is -2.42. The first-order chi connectivity index (χ1) is 16.6. The van der Waals surface area contributed by atoms with Crippen molar-refractivity contribution in [2.75, 3.05) is 44.2 Å². The van der Waals surface area contributed by atoms with E-state index in [0.29, 0.717) is 45.0 Å². The Hall–Kier alpha value is -2.89. The zero-order valence-corrected chi connectivity index (χ0v) is 19.7. The number of carbonyl (C=O) groups is 2. The Labute approximate surface area is 201 Å². The number of piperazine rings is 1. The summed E-state index contributed by atoms with van der Waals surface area (Å²) in [5.41, 5.74) is 1.80. The molecule has 0 unspecified atom stereocenters. The fourth-order valence-corrected chi connectivity index (χ4v) is 5.99. The minimum atomic E-state index is -0.221. The van der Waals surface area contributed by atoms with E-state index in [0.717, 1.165) is 32.1 Å². The maximum absolute atomic E-state index is 14.2. The number of benzene rings is 2. The molecule has 5 nitrogen and oxygen atoms in total. The summed E-state index contributed by atoms with van der Waals surface area (Å²) in [6, 6.07) is 17.1. The molecule has 0 radical (unpaired) electrons. The predicted molar refractivity (Wildman–Crippen MR) is 131 cm³/mol. The van der Waals surface area contributed by atoms with Gasteiger partial charge in [-0.25, -0.2) is 4.39 Å². The Morgan fingerprint density at radius 2 is 1.38 bits per heavy atom. The average Bonchev–Trinajstić information content (AvgIpc) is 3.44. The van der Waals surface area contributed by atoms with Crippen LogP contribution in [0, 0.1) is 17.7 Å². The molecule has 0 N–H and O–H groups in total. The van der Waals surface area contributed by atoms with Crippen molar-refractivity contribution in [1.82, 2.24) is 9.80 Å². The molecule has 2 amide bonds. The third kappa shape index (κ3) is 4.82. The van der Waals surface area contributed by atoms with E-state index in [1.54, 1.807) is 12.1 Å². The smallest absolute Gasteiger partial charge is 0.227 e. The van der Waals surface area contributed by atoms with Crippen molar-refractivity contribution in [1.29, 1.82) is 0 Å². The molecule has 0 aromatic heterocycles. The summed E-state index contributed by atoms with van der Waals surface area (Å²) >= 11 is 0. The molecule has 2 atom stereocenters. The van der Waals surface area contributed by atoms with Crippen molar-refractivity contribution in [3.63, 3.8) is 0 Å². The summed E-state index contributed by atoms with van der Waals surface area (Å²) in [6.45, 7) is 3.61. The molecule has 2 aromatic carbocycles. The minimum absolute atomic E-state index is 0.120. The third-order valence-corrected chi connectivity index (χ3v) is 7.87. The van der Waals surface area contributed by atoms with Crippen LogP contribution in [-0.2, 0) is 9.59 Å². The van der Waals surface area contributed by atoms with Crippen LogP contribution in [0.25, 0.3) is 0 Å². The molecule has 0 bridgehead atoms. The van der Waals surface area contributed by atoms with E-state index >= 15 is 0 Å². The zero-order valence-electron chi connectivity index (χ0n) is 19.7. The van der Waals surface area contributed by atoms with Gasteiger partial charge in [-0.1, -0.05) is 55.3 Å². The first-order valence-corrected chi connectivity index (χ1v) is 12.7. The number of hydrogen-bond donors (Lipinski definition) is 0. The highest BCUT2D eigenvalue weighted by Crippen LogP contribution is 2.35. The molecule has 180 valence electrons. The first-order valence-electron chi connectivity index (χ1n) is 12.7. The minimum Gasteiger partial charge on any atom is -0.366 e. The van der Waals surface area contributed by atoms with Gasteiger partial charge in [-0.05, 0) is 37.0 Å². The highest BCUT2D eigenvalue weighted by molar-refractivity contribution is 5.83. The van der Waals surface area contributed by atoms with Crippen LogP contribution in [0.1, 0.15) is 43.6 Å². The summed E-state index contributed by atoms with van der Waals surface area (Å²) < 4.78 is 14.2. The second-order valence-corrected chi connectivity index (χ2v) is 10.0. The molecule has 6 heteroatoms. The maximum Gasteiger partial charge on any atom is 0.227 e. The van der Waals surface area contributed by atoms with Crippen LogP contribution in [0.3, 0.4) is 0 Å². The third-order valence-electron chi connectivity index (χ3n) is 7.87. The molecule has 1 saturated carbocycles. The van der Waals surface area contributed by atoms with Gasteiger partial charge in [0.1, 0.15) is 5.82 Å². The molecule has 0 spiro atoms. The van der Waals surface area contributed by atoms with Crippen molar-refractivity contribution >= 4 is 17.5 Å². The van der Waals surface area contributed by atoms with Gasteiger partial charge in [0.05, 0.1) is 11.6 Å². The van der Waals surface area contributed by atoms with Crippen LogP contribution in [0.5, 0.6) is 0 Å². The second-order valence-electron chi connectivity index (χ2n) is 10.0. The van der Waals surface area contributed by atoms with E-state index in [2.05, 4.69) is 12.1 Å². The fourth-order valence-electron chi connectivity index (χ4n) is 5.99. The Morgan fingerprint density at radius 3 is 2.09 bits per heavy atom. The molecule has 2 heterocycles. The van der Waals surface area contributed by atoms with E-state index < -0.39 is 0 Å². The molecule has 34 heavy (non-hydrogen) atoms. The van der Waals surface area contributed by atoms with Gasteiger partial charge >= 0.3 is 0 Å². The van der Waals surface area contributed by atoms with E-state index in [4.69, 9.17) is 0 Å². The molecular weight excluding hydrogens is 429 g/mol. The second kappa shape index (κ2) is 10.2. The van der Waals surface area contributed by atoms with E-state index in [1.807, 2.05) is 39.0 Å². The number of likely N-dealkylation sites (tertiary alicyclic amines) is 1. The molecule has 5 rings (SSSR count). The number of halogens is 1. The van der Waals surface area contributed by atoms with Gasteiger partial charge in [0.15, 0.2) is 0 Å². The predicted octanol–water partition coefficient (Wildman–Crippen LogP) is 4.30. The van der Waals surface area contributed by atoms with Crippen molar-refractivity contribution < 1.29 is 14.0 Å². The zero-order chi connectivity index (χ0) is 23.5. The van der Waals surface area contributed by atoms with Gasteiger partial charge in [-0.2, -0.15) is 0 Å². The Balaban J connectivity index is 1.28. The summed E-state index contributed by atoms with van der Waals surface area (Å²) in [4.78, 5) is 32.9. The van der Waals surface area contributed by atoms with Crippen LogP contribution >= 0.6 is 0 Å². The normalized spacial score (nSPS) is 23.9. The molecule has 3 fully saturated rings. The quantitative estimate of drug-likeness (QED) is 0.679. The van der Waals surface area contributed by atoms with Gasteiger partial charge in [0.2, 0.25) is 11.8 Å². The summed E-state index contributed by atoms with van der Waals surface area (Å²) in [7, 11) is 0. The highest BCUT2D eigenvalue weighted by Gasteiger charge is 2.39. The van der Waals surface area contributed by atoms with Gasteiger partial charge in [-0.15, -0.1) is 0 Å². The molecular formula is C28H34FN3O2. The van der Waals surface area contributed by atoms with Gasteiger partial charge in [0.25, 0.3) is 0 Å². The van der Waals surface area contributed by atoms with Crippen LogP contribution in [0.4, 0.5) is 10.1 Å². The van der Waals surface area contributed by atoms with Gasteiger partial charge in [0, 0.05) is 51.1 Å². The monoisotopic (exact) mass is 463 g/mol. The maximum atomic E-state index is 14.2. The largest absolute Gasteiger partial charge is 0.366 e. The van der Waals surface area contributed by atoms with Crippen LogP contribution in [0.2, 0.25) is 0 Å². The topological polar surface area (TPSA) is 43.9 Å². The van der Waals surface area contributed by atoms with Crippen LogP contribution in [0.15, 0.2) is 54.6 Å². The lowest BCUT2D eigenvalue weighted by atomic mass is 9.83. The van der Waals surface area contributed by atoms with Crippen molar-refractivity contribution in [3.05, 3.63) is 66.0 Å². The standard InChI is InChI=1S/C28H34FN3O2/c29-25-12-6-7-13-26(25)30-14-16-31(17-15-30)28(34)24-18-23(21-8-2-1-3-9-21)19-32(20-24)27(33)22-10-4-5-11-22/h1-3,6-9,12-13,22-24H,4-5,10-11,14-20H2/t23-,24-/m1/s1. The van der Waals surface area contributed by atoms with Crippen LogP contribution in [-0.4, -0.2) is 60.9 Å². The summed E-state index contributed by atoms with van der Waals surface area (Å²) in [5, 5.41) is 0. The fraction of sp³-hybridized carbons (Fsp3) is 0.500. The SMILES string of the molecule is O=C(C1CCCC1)N1C[C@H](C(=O)N2CCN(c3ccccc3F)CC2)C[C@@H](c2ccccc2)C1. The van der Waals surface area contributed by atoms with E-state index in [1.165, 1.54) is 11.6 Å². The van der Waals surface area contributed by atoms with Crippen molar-refractivity contribution in [2.45, 2.75) is 38.0 Å². The molecule has 2 aromatic rings. The number of para-hydroxylation sites is 1. The number of amides is 2. The number of nitrogens with zero attached hydrogens (tertiary/aromatic N) is 3. The highest BCUT2D eigenvalue weighted by atomic mass is 19.1. The lowest BCUT2D eigenvalue weighted by molar-refractivity contribution is -0.143. The number of anilines is 1. The van der Waals surface area contributed by atoms with Crippen molar-refractivity contribution in [2.24, 2.45) is 11.8 Å². The number of hydrogen-bond acceptors (Lipinski definition) is 3. The number of piperidine rings is 1. The van der Waals surface area contributed by atoms with Gasteiger partial charge < -0.3 is 14.7 Å². The van der Waals surface area contributed by atoms with Crippen LogP contribution < -0.4 is 4.90 Å². The van der Waals surface area contributed by atoms with Gasteiger partial charge in [-0.3, -0.25) is 9.59 Å². The average molecular weight is 464 g/mol. The number of rotatable bonds is 4. The first kappa shape index (κ1) is 22.9. The number of carbonyl (C=O) groups excluding carboxylic acids is 2. The van der Waals surface area contributed by atoms with Crippen molar-refractivity contribution in [3.8, 4) is 0 Å². The Kier molecular flexibility index (Phi) is 6.84. The molecule has 2 aliphatic heterocycles.